The molecule has 2 N–H and O–H groups in total. The van der Waals surface area contributed by atoms with Crippen molar-refractivity contribution in [2.45, 2.75) is 24.8 Å². The normalized spacial score (nSPS) is 14.4. The number of amides is 1. The van der Waals surface area contributed by atoms with Crippen LogP contribution in [0.5, 0.6) is 0 Å². The van der Waals surface area contributed by atoms with Gasteiger partial charge in [0.15, 0.2) is 0 Å². The third-order valence-corrected chi connectivity index (χ3v) is 7.10. The summed E-state index contributed by atoms with van der Waals surface area (Å²) in [5, 5.41) is 12.1. The van der Waals surface area contributed by atoms with E-state index in [9.17, 15) is 14.3 Å². The molecule has 5 nitrogen and oxygen atoms in total. The van der Waals surface area contributed by atoms with Crippen LogP contribution in [-0.2, 0) is 5.54 Å². The number of imidazole rings is 1. The summed E-state index contributed by atoms with van der Waals surface area (Å²) in [5.74, 6) is -0.292. The SMILES string of the molecule is O=C(O)NC1(c2ccc(-c3nc4c(-c5cccc(F)c5)cccn4c3-c3ccccc3)cc2)CCC1. The van der Waals surface area contributed by atoms with Gasteiger partial charge in [-0.15, -0.1) is 0 Å². The lowest BCUT2D eigenvalue weighted by Gasteiger charge is -2.42. The Morgan fingerprint density at radius 3 is 2.31 bits per heavy atom. The quantitative estimate of drug-likeness (QED) is 0.283. The lowest BCUT2D eigenvalue weighted by molar-refractivity contribution is 0.144. The molecule has 178 valence electrons. The number of pyridine rings is 1. The van der Waals surface area contributed by atoms with Gasteiger partial charge in [0.05, 0.1) is 16.9 Å². The molecule has 3 aromatic carbocycles. The number of rotatable bonds is 5. The van der Waals surface area contributed by atoms with E-state index in [1.54, 1.807) is 6.07 Å². The van der Waals surface area contributed by atoms with Crippen LogP contribution < -0.4 is 5.32 Å². The minimum absolute atomic E-state index is 0.292. The van der Waals surface area contributed by atoms with E-state index < -0.39 is 11.6 Å². The van der Waals surface area contributed by atoms with Crippen molar-refractivity contribution >= 4 is 11.7 Å². The Bertz CT molecular complexity index is 1570. The number of nitrogens with one attached hydrogen (secondary N) is 1. The average Bonchev–Trinajstić information content (AvgIpc) is 3.26. The summed E-state index contributed by atoms with van der Waals surface area (Å²) in [6, 6.07) is 28.5. The lowest BCUT2D eigenvalue weighted by atomic mass is 9.72. The number of aromatic nitrogens is 2. The highest BCUT2D eigenvalue weighted by molar-refractivity contribution is 5.87. The molecule has 2 heterocycles. The van der Waals surface area contributed by atoms with Gasteiger partial charge in [0.1, 0.15) is 11.5 Å². The van der Waals surface area contributed by atoms with Gasteiger partial charge in [-0.2, -0.15) is 0 Å². The Hall–Kier alpha value is -4.45. The molecule has 0 unspecified atom stereocenters. The first-order valence-corrected chi connectivity index (χ1v) is 12.0. The third kappa shape index (κ3) is 3.71. The number of halogens is 1. The molecule has 6 rings (SSSR count). The van der Waals surface area contributed by atoms with Crippen molar-refractivity contribution in [1.82, 2.24) is 14.7 Å². The molecule has 0 saturated heterocycles. The highest BCUT2D eigenvalue weighted by Crippen LogP contribution is 2.42. The molecular formula is C30H24FN3O2. The lowest BCUT2D eigenvalue weighted by Crippen LogP contribution is -2.50. The van der Waals surface area contributed by atoms with Gasteiger partial charge in [0.25, 0.3) is 0 Å². The second-order valence-electron chi connectivity index (χ2n) is 9.24. The van der Waals surface area contributed by atoms with E-state index in [2.05, 4.69) is 21.9 Å². The molecule has 1 aliphatic rings. The third-order valence-electron chi connectivity index (χ3n) is 7.10. The van der Waals surface area contributed by atoms with Gasteiger partial charge in [0, 0.05) is 22.9 Å². The smallest absolute Gasteiger partial charge is 0.405 e. The zero-order valence-electron chi connectivity index (χ0n) is 19.5. The van der Waals surface area contributed by atoms with Crippen LogP contribution in [-0.4, -0.2) is 20.6 Å². The van der Waals surface area contributed by atoms with E-state index in [0.29, 0.717) is 0 Å². The molecule has 0 spiro atoms. The number of carbonyl (C=O) groups is 1. The maximum absolute atomic E-state index is 14.0. The predicted octanol–water partition coefficient (Wildman–Crippen LogP) is 7.12. The van der Waals surface area contributed by atoms with Gasteiger partial charge >= 0.3 is 6.09 Å². The fourth-order valence-electron chi connectivity index (χ4n) is 5.19. The summed E-state index contributed by atoms with van der Waals surface area (Å²) in [7, 11) is 0. The largest absolute Gasteiger partial charge is 0.465 e. The monoisotopic (exact) mass is 477 g/mol. The van der Waals surface area contributed by atoms with Crippen LogP contribution >= 0.6 is 0 Å². The van der Waals surface area contributed by atoms with Crippen molar-refractivity contribution in [3.63, 3.8) is 0 Å². The first-order valence-electron chi connectivity index (χ1n) is 12.0. The summed E-state index contributed by atoms with van der Waals surface area (Å²) in [6.07, 6.45) is 3.55. The minimum atomic E-state index is -1.00. The van der Waals surface area contributed by atoms with Gasteiger partial charge in [-0.25, -0.2) is 14.2 Å². The number of fused-ring (bicyclic) bond motifs is 1. The zero-order chi connectivity index (χ0) is 24.7. The number of nitrogens with zero attached hydrogens (tertiary/aromatic N) is 2. The van der Waals surface area contributed by atoms with E-state index in [0.717, 1.165) is 64.1 Å². The Balaban J connectivity index is 1.52. The van der Waals surface area contributed by atoms with Crippen LogP contribution in [0.25, 0.3) is 39.3 Å². The summed E-state index contributed by atoms with van der Waals surface area (Å²) in [4.78, 5) is 16.5. The number of hydrogen-bond acceptors (Lipinski definition) is 2. The molecule has 0 radical (unpaired) electrons. The van der Waals surface area contributed by atoms with E-state index >= 15 is 0 Å². The van der Waals surface area contributed by atoms with Crippen LogP contribution in [0.2, 0.25) is 0 Å². The summed E-state index contributed by atoms with van der Waals surface area (Å²) < 4.78 is 16.1. The fraction of sp³-hybridized carbons (Fsp3) is 0.133. The van der Waals surface area contributed by atoms with E-state index in [1.807, 2.05) is 66.9 Å². The Morgan fingerprint density at radius 1 is 0.889 bits per heavy atom. The van der Waals surface area contributed by atoms with Gasteiger partial charge in [-0.1, -0.05) is 66.7 Å². The number of benzene rings is 3. The molecule has 5 aromatic rings. The highest BCUT2D eigenvalue weighted by atomic mass is 19.1. The molecule has 6 heteroatoms. The zero-order valence-corrected chi connectivity index (χ0v) is 19.5. The molecule has 2 aromatic heterocycles. The van der Waals surface area contributed by atoms with E-state index in [4.69, 9.17) is 4.98 Å². The number of carboxylic acid groups (broad SMARTS) is 1. The Labute approximate surface area is 207 Å². The van der Waals surface area contributed by atoms with Gasteiger partial charge in [0.2, 0.25) is 0 Å². The van der Waals surface area contributed by atoms with Crippen LogP contribution in [0.3, 0.4) is 0 Å². The first-order chi connectivity index (χ1) is 17.5. The first kappa shape index (κ1) is 22.0. The van der Waals surface area contributed by atoms with Crippen LogP contribution in [0.15, 0.2) is 97.2 Å². The van der Waals surface area contributed by atoms with Crippen LogP contribution in [0, 0.1) is 5.82 Å². The molecule has 0 bridgehead atoms. The van der Waals surface area contributed by atoms with Crippen molar-refractivity contribution < 1.29 is 14.3 Å². The van der Waals surface area contributed by atoms with Crippen molar-refractivity contribution in [2.24, 2.45) is 0 Å². The maximum Gasteiger partial charge on any atom is 0.405 e. The standard InChI is InChI=1S/C30H24FN3O2/c31-24-10-4-9-22(19-24)25-11-5-18-34-27(21-7-2-1-3-8-21)26(32-28(25)34)20-12-14-23(15-13-20)30(16-6-17-30)33-29(35)36/h1-5,7-15,18-19,33H,6,16-17H2,(H,35,36). The molecule has 0 aliphatic heterocycles. The fourth-order valence-corrected chi connectivity index (χ4v) is 5.19. The topological polar surface area (TPSA) is 66.6 Å². The van der Waals surface area contributed by atoms with Crippen molar-refractivity contribution in [2.75, 3.05) is 0 Å². The molecule has 1 aliphatic carbocycles. The molecule has 1 saturated carbocycles. The Morgan fingerprint density at radius 2 is 1.64 bits per heavy atom. The van der Waals surface area contributed by atoms with Crippen LogP contribution in [0.4, 0.5) is 9.18 Å². The van der Waals surface area contributed by atoms with E-state index in [1.165, 1.54) is 12.1 Å². The molecule has 1 fully saturated rings. The second-order valence-corrected chi connectivity index (χ2v) is 9.24. The van der Waals surface area contributed by atoms with Crippen molar-refractivity contribution in [3.05, 3.63) is 109 Å². The van der Waals surface area contributed by atoms with Gasteiger partial charge in [-0.3, -0.25) is 4.40 Å². The molecule has 36 heavy (non-hydrogen) atoms. The molecule has 0 atom stereocenters. The van der Waals surface area contributed by atoms with Crippen molar-refractivity contribution in [3.8, 4) is 33.6 Å². The molecule has 1 amide bonds. The highest BCUT2D eigenvalue weighted by Gasteiger charge is 2.40. The predicted molar refractivity (Wildman–Crippen MR) is 138 cm³/mol. The average molecular weight is 478 g/mol. The van der Waals surface area contributed by atoms with Crippen molar-refractivity contribution in [1.29, 1.82) is 0 Å². The van der Waals surface area contributed by atoms with Gasteiger partial charge < -0.3 is 10.4 Å². The van der Waals surface area contributed by atoms with Gasteiger partial charge in [-0.05, 0) is 54.7 Å². The minimum Gasteiger partial charge on any atom is -0.465 e. The van der Waals surface area contributed by atoms with Crippen LogP contribution in [0.1, 0.15) is 24.8 Å². The number of hydrogen-bond donors (Lipinski definition) is 2. The summed E-state index contributed by atoms with van der Waals surface area (Å²) >= 11 is 0. The molecular weight excluding hydrogens is 453 g/mol. The second kappa shape index (κ2) is 8.64. The maximum atomic E-state index is 14.0. The van der Waals surface area contributed by atoms with E-state index in [-0.39, 0.29) is 5.82 Å². The summed E-state index contributed by atoms with van der Waals surface area (Å²) in [5.41, 5.74) is 6.49. The summed E-state index contributed by atoms with van der Waals surface area (Å²) in [6.45, 7) is 0. The Kier molecular flexibility index (Phi) is 5.29.